The van der Waals surface area contributed by atoms with Gasteiger partial charge in [0.2, 0.25) is 0 Å². The Morgan fingerprint density at radius 1 is 1.21 bits per heavy atom. The molecule has 0 bridgehead atoms. The largest absolute Gasteiger partial charge is 0.462 e. The first kappa shape index (κ1) is 29.8. The molecule has 1 spiro atoms. The van der Waals surface area contributed by atoms with Crippen molar-refractivity contribution in [2.24, 2.45) is 0 Å². The van der Waals surface area contributed by atoms with E-state index in [-0.39, 0.29) is 31.6 Å². The van der Waals surface area contributed by atoms with Crippen LogP contribution in [0, 0.1) is 11.3 Å². The molecule has 1 aromatic carbocycles. The van der Waals surface area contributed by atoms with E-state index >= 15 is 4.39 Å². The predicted octanol–water partition coefficient (Wildman–Crippen LogP) is 5.25. The number of carbonyl (C=O) groups is 1. The molecule has 11 heteroatoms. The van der Waals surface area contributed by atoms with Crippen molar-refractivity contribution in [1.29, 1.82) is 5.26 Å². The maximum atomic E-state index is 17.0. The molecule has 2 aromatic rings. The van der Waals surface area contributed by atoms with Gasteiger partial charge < -0.3 is 14.5 Å². The first-order valence-corrected chi connectivity index (χ1v) is 15.6. The van der Waals surface area contributed by atoms with E-state index in [1.807, 2.05) is 23.1 Å². The number of ether oxygens (including phenoxy) is 1. The van der Waals surface area contributed by atoms with E-state index in [4.69, 9.17) is 26.3 Å². The van der Waals surface area contributed by atoms with Crippen molar-refractivity contribution >= 4 is 23.3 Å². The predicted molar refractivity (Wildman–Crippen MR) is 160 cm³/mol. The number of likely N-dealkylation sites (tertiary alicyclic amines) is 1. The summed E-state index contributed by atoms with van der Waals surface area (Å²) in [5, 5.41) is 10.2. The molecule has 1 aromatic heterocycles. The Labute approximate surface area is 256 Å². The lowest BCUT2D eigenvalue weighted by atomic mass is 9.68. The van der Waals surface area contributed by atoms with E-state index < -0.39 is 29.4 Å². The summed E-state index contributed by atoms with van der Waals surface area (Å²) in [6, 6.07) is 7.67. The first-order valence-electron chi connectivity index (χ1n) is 15.2. The van der Waals surface area contributed by atoms with Gasteiger partial charge in [-0.05, 0) is 68.8 Å². The summed E-state index contributed by atoms with van der Waals surface area (Å²) in [4.78, 5) is 27.8. The Balaban J connectivity index is 1.37. The lowest BCUT2D eigenvalue weighted by Gasteiger charge is -2.43. The minimum atomic E-state index is -1.38. The topological polar surface area (TPSA) is 85.6 Å². The molecule has 43 heavy (non-hydrogen) atoms. The van der Waals surface area contributed by atoms with Crippen LogP contribution in [0.15, 0.2) is 30.6 Å². The number of fused-ring (bicyclic) bond motifs is 3. The first-order chi connectivity index (χ1) is 20.8. The van der Waals surface area contributed by atoms with E-state index in [9.17, 15) is 14.4 Å². The van der Waals surface area contributed by atoms with Crippen LogP contribution in [0.1, 0.15) is 67.6 Å². The summed E-state index contributed by atoms with van der Waals surface area (Å²) < 4.78 is 37.0. The second-order valence-corrected chi connectivity index (χ2v) is 12.5. The van der Waals surface area contributed by atoms with Crippen molar-refractivity contribution in [3.05, 3.63) is 58.0 Å². The lowest BCUT2D eigenvalue weighted by molar-refractivity contribution is -0.131. The zero-order valence-corrected chi connectivity index (χ0v) is 25.3. The highest BCUT2D eigenvalue weighted by molar-refractivity contribution is 6.31. The lowest BCUT2D eigenvalue weighted by Crippen LogP contribution is -2.55. The molecule has 0 saturated carbocycles. The third-order valence-corrected chi connectivity index (χ3v) is 10.3. The van der Waals surface area contributed by atoms with Crippen LogP contribution in [0.4, 0.5) is 14.6 Å². The summed E-state index contributed by atoms with van der Waals surface area (Å²) in [6.07, 6.45) is 3.26. The van der Waals surface area contributed by atoms with Gasteiger partial charge in [-0.3, -0.25) is 9.69 Å². The molecule has 2 fully saturated rings. The van der Waals surface area contributed by atoms with Gasteiger partial charge in [-0.1, -0.05) is 37.2 Å². The van der Waals surface area contributed by atoms with E-state index in [0.717, 1.165) is 42.6 Å². The number of piperazine rings is 1. The summed E-state index contributed by atoms with van der Waals surface area (Å²) in [5.74, 6) is -1.30. The average molecular weight is 611 g/mol. The molecular weight excluding hydrogens is 574 g/mol. The molecule has 2 aliphatic carbocycles. The molecule has 228 valence electrons. The fourth-order valence-electron chi connectivity index (χ4n) is 7.69. The minimum Gasteiger partial charge on any atom is -0.462 e. The Bertz CT molecular complexity index is 1470. The van der Waals surface area contributed by atoms with Gasteiger partial charge in [0.05, 0.1) is 24.2 Å². The number of rotatable bonds is 7. The standard InChI is InChI=1S/C32H37ClF2N6O2/c1-3-39-15-5-6-22(39)19-43-31-37-27-24(10-13-32(28(27)35)12-9-23-25(32)7-4-8-26(23)33)29(38-31)40-16-17-41(30(42)20(2)34)21(18-40)11-14-36/h4,7-8,21-22,28H,2-3,5-6,9-13,15-19H2,1H3/t21-,22-,28-,32+/m0/s1. The van der Waals surface area contributed by atoms with E-state index in [2.05, 4.69) is 24.5 Å². The number of likely N-dealkylation sites (N-methyl/N-ethyl adjacent to an activating group) is 1. The van der Waals surface area contributed by atoms with Gasteiger partial charge in [-0.2, -0.15) is 15.2 Å². The quantitative estimate of drug-likeness (QED) is 0.396. The summed E-state index contributed by atoms with van der Waals surface area (Å²) in [5.41, 5.74) is 2.30. The van der Waals surface area contributed by atoms with Crippen LogP contribution in [0.5, 0.6) is 6.01 Å². The monoisotopic (exact) mass is 610 g/mol. The second-order valence-electron chi connectivity index (χ2n) is 12.1. The molecule has 4 atom stereocenters. The fourth-order valence-corrected chi connectivity index (χ4v) is 7.96. The maximum Gasteiger partial charge on any atom is 0.318 e. The number of halogens is 3. The van der Waals surface area contributed by atoms with Gasteiger partial charge in [-0.25, -0.2) is 8.78 Å². The number of aromatic nitrogens is 2. The molecule has 6 rings (SSSR count). The molecule has 0 unspecified atom stereocenters. The number of hydrogen-bond donors (Lipinski definition) is 0. The highest BCUT2D eigenvalue weighted by Crippen LogP contribution is 2.56. The molecule has 1 amide bonds. The van der Waals surface area contributed by atoms with Crippen LogP contribution in [0.2, 0.25) is 5.02 Å². The number of alkyl halides is 1. The molecule has 0 N–H and O–H groups in total. The van der Waals surface area contributed by atoms with Crippen LogP contribution in [-0.2, 0) is 23.1 Å². The van der Waals surface area contributed by atoms with Crippen LogP contribution in [0.3, 0.4) is 0 Å². The number of amides is 1. The minimum absolute atomic E-state index is 0.0209. The molecule has 0 radical (unpaired) electrons. The fraction of sp³-hybridized carbons (Fsp3) is 0.562. The Morgan fingerprint density at radius 2 is 2.00 bits per heavy atom. The Hall–Kier alpha value is -3.29. The Kier molecular flexibility index (Phi) is 8.31. The number of anilines is 1. The Morgan fingerprint density at radius 3 is 2.74 bits per heavy atom. The van der Waals surface area contributed by atoms with Gasteiger partial charge in [0.1, 0.15) is 12.4 Å². The third-order valence-electron chi connectivity index (χ3n) is 9.93. The highest BCUT2D eigenvalue weighted by atomic mass is 35.5. The summed E-state index contributed by atoms with van der Waals surface area (Å²) in [7, 11) is 0. The summed E-state index contributed by atoms with van der Waals surface area (Å²) >= 11 is 6.53. The number of nitriles is 1. The van der Waals surface area contributed by atoms with Crippen LogP contribution in [-0.4, -0.2) is 77.1 Å². The van der Waals surface area contributed by atoms with Crippen molar-refractivity contribution in [1.82, 2.24) is 19.8 Å². The van der Waals surface area contributed by atoms with Gasteiger partial charge >= 0.3 is 6.01 Å². The van der Waals surface area contributed by atoms with E-state index in [1.54, 1.807) is 0 Å². The normalized spacial score (nSPS) is 26.7. The number of benzene rings is 1. The van der Waals surface area contributed by atoms with Crippen LogP contribution in [0.25, 0.3) is 0 Å². The number of hydrogen-bond acceptors (Lipinski definition) is 7. The van der Waals surface area contributed by atoms with Crippen LogP contribution < -0.4 is 9.64 Å². The molecule has 4 aliphatic rings. The molecular formula is C32H37ClF2N6O2. The maximum absolute atomic E-state index is 17.0. The molecule has 8 nitrogen and oxygen atoms in total. The number of carbonyl (C=O) groups excluding carboxylic acids is 1. The zero-order valence-electron chi connectivity index (χ0n) is 24.5. The van der Waals surface area contributed by atoms with Crippen LogP contribution >= 0.6 is 11.6 Å². The second kappa shape index (κ2) is 12.0. The average Bonchev–Trinajstić information content (AvgIpc) is 3.63. The zero-order chi connectivity index (χ0) is 30.3. The van der Waals surface area contributed by atoms with Gasteiger partial charge in [0.15, 0.2) is 12.0 Å². The van der Waals surface area contributed by atoms with Crippen molar-refractivity contribution in [2.75, 3.05) is 44.2 Å². The van der Waals surface area contributed by atoms with Gasteiger partial charge in [-0.15, -0.1) is 0 Å². The van der Waals surface area contributed by atoms with Crippen molar-refractivity contribution in [3.8, 4) is 12.1 Å². The molecule has 3 heterocycles. The van der Waals surface area contributed by atoms with Crippen molar-refractivity contribution in [3.63, 3.8) is 0 Å². The SMILES string of the molecule is C=C(F)C(=O)N1CCN(c2nc(OC[C@@H]3CCCN3CC)nc3c2CC[C@@]2(CCc4c(Cl)cccc42)[C@H]3F)C[C@@H]1CC#N. The molecule has 2 saturated heterocycles. The van der Waals surface area contributed by atoms with E-state index in [0.29, 0.717) is 55.4 Å². The summed E-state index contributed by atoms with van der Waals surface area (Å²) in [6.45, 7) is 8.42. The molecule has 2 aliphatic heterocycles. The van der Waals surface area contributed by atoms with Crippen molar-refractivity contribution < 1.29 is 18.3 Å². The third kappa shape index (κ3) is 5.25. The van der Waals surface area contributed by atoms with Crippen molar-refractivity contribution in [2.45, 2.75) is 75.5 Å². The number of nitrogens with zero attached hydrogens (tertiary/aromatic N) is 6. The van der Waals surface area contributed by atoms with Gasteiger partial charge in [0.25, 0.3) is 5.91 Å². The highest BCUT2D eigenvalue weighted by Gasteiger charge is 2.51. The van der Waals surface area contributed by atoms with E-state index in [1.165, 1.54) is 4.90 Å². The smallest absolute Gasteiger partial charge is 0.318 e. The van der Waals surface area contributed by atoms with Gasteiger partial charge in [0, 0.05) is 41.7 Å².